The molecule has 38 heavy (non-hydrogen) atoms. The normalized spacial score (nSPS) is 21.8. The van der Waals surface area contributed by atoms with E-state index in [0.717, 1.165) is 87.1 Å². The fourth-order valence-electron chi connectivity index (χ4n) is 6.16. The second-order valence-electron chi connectivity index (χ2n) is 11.1. The summed E-state index contributed by atoms with van der Waals surface area (Å²) in [6, 6.07) is 15.6. The van der Waals surface area contributed by atoms with E-state index in [2.05, 4.69) is 10.2 Å². The zero-order valence-corrected chi connectivity index (χ0v) is 22.7. The number of nitrogens with one attached hydrogen (secondary N) is 1. The standard InChI is InChI=1S/C25H31N3O3.C6H10O/c1-17-7-6-8-18(2)23(17)24(29)28-15-20-13-27(14-21(20)16-28)12-11-22(26-25(30)31)19-9-4-3-5-10-19;7-6-4-2-1-3-5-6/h3-10,20-22,26H,11-16H2,1-2H3,(H,30,31);1-5H2/t20-,21?,22?;/m0./s1. The zero-order valence-electron chi connectivity index (χ0n) is 22.7. The molecule has 0 spiro atoms. The Labute approximate surface area is 226 Å². The number of rotatable bonds is 6. The lowest BCUT2D eigenvalue weighted by atomic mass is 10.00. The van der Waals surface area contributed by atoms with Crippen molar-refractivity contribution in [2.24, 2.45) is 11.8 Å². The summed E-state index contributed by atoms with van der Waals surface area (Å²) < 4.78 is 0. The summed E-state index contributed by atoms with van der Waals surface area (Å²) in [5.74, 6) is 1.62. The van der Waals surface area contributed by atoms with E-state index in [1.54, 1.807) is 0 Å². The van der Waals surface area contributed by atoms with Crippen molar-refractivity contribution in [3.8, 4) is 0 Å². The number of amides is 2. The van der Waals surface area contributed by atoms with Gasteiger partial charge in [-0.05, 0) is 61.6 Å². The molecule has 7 nitrogen and oxygen atoms in total. The van der Waals surface area contributed by atoms with Crippen LogP contribution in [-0.4, -0.2) is 65.4 Å². The van der Waals surface area contributed by atoms with E-state index in [9.17, 15) is 19.5 Å². The molecule has 2 heterocycles. The highest BCUT2D eigenvalue weighted by molar-refractivity contribution is 5.97. The van der Waals surface area contributed by atoms with E-state index < -0.39 is 6.09 Å². The Morgan fingerprint density at radius 1 is 0.895 bits per heavy atom. The fourth-order valence-corrected chi connectivity index (χ4v) is 6.16. The van der Waals surface area contributed by atoms with Gasteiger partial charge in [-0.25, -0.2) is 4.79 Å². The third-order valence-corrected chi connectivity index (χ3v) is 8.19. The molecule has 3 fully saturated rings. The van der Waals surface area contributed by atoms with Crippen LogP contribution >= 0.6 is 0 Å². The quantitative estimate of drug-likeness (QED) is 0.546. The molecule has 2 aliphatic heterocycles. The van der Waals surface area contributed by atoms with E-state index in [-0.39, 0.29) is 11.9 Å². The lowest BCUT2D eigenvalue weighted by molar-refractivity contribution is -0.120. The maximum atomic E-state index is 13.1. The number of Topliss-reactive ketones (excluding diaryl/α,β-unsaturated/α-hetero) is 1. The first-order chi connectivity index (χ1) is 18.3. The first-order valence-electron chi connectivity index (χ1n) is 14.0. The Bertz CT molecular complexity index is 1080. The molecule has 1 aliphatic carbocycles. The summed E-state index contributed by atoms with van der Waals surface area (Å²) in [5.41, 5.74) is 3.93. The molecule has 5 rings (SSSR count). The molecule has 3 aliphatic rings. The number of carboxylic acid groups (broad SMARTS) is 1. The minimum atomic E-state index is -0.993. The number of carbonyl (C=O) groups excluding carboxylic acids is 2. The number of hydrogen-bond donors (Lipinski definition) is 2. The van der Waals surface area contributed by atoms with E-state index in [1.165, 1.54) is 6.42 Å². The molecule has 2 amide bonds. The van der Waals surface area contributed by atoms with Gasteiger partial charge in [-0.3, -0.25) is 9.59 Å². The van der Waals surface area contributed by atoms with Gasteiger partial charge in [0, 0.05) is 51.1 Å². The van der Waals surface area contributed by atoms with Crippen molar-refractivity contribution in [2.75, 3.05) is 32.7 Å². The SMILES string of the molecule is Cc1cccc(C)c1C(=O)N1CC2CN(CCC(NC(=O)O)c3ccccc3)C[C@H]2C1.O=C1CCCCC1. The van der Waals surface area contributed by atoms with Crippen LogP contribution in [0, 0.1) is 25.7 Å². The molecule has 1 saturated carbocycles. The Morgan fingerprint density at radius 2 is 1.50 bits per heavy atom. The Morgan fingerprint density at radius 3 is 2.03 bits per heavy atom. The summed E-state index contributed by atoms with van der Waals surface area (Å²) in [6.45, 7) is 8.41. The van der Waals surface area contributed by atoms with Crippen molar-refractivity contribution in [2.45, 2.75) is 58.4 Å². The molecule has 2 N–H and O–H groups in total. The van der Waals surface area contributed by atoms with Gasteiger partial charge in [0.1, 0.15) is 5.78 Å². The number of ketones is 1. The topological polar surface area (TPSA) is 90.0 Å². The Kier molecular flexibility index (Phi) is 9.56. The molecule has 2 aromatic rings. The van der Waals surface area contributed by atoms with E-state index >= 15 is 0 Å². The number of benzene rings is 2. The van der Waals surface area contributed by atoms with Gasteiger partial charge in [0.2, 0.25) is 0 Å². The molecule has 2 aromatic carbocycles. The van der Waals surface area contributed by atoms with Crippen molar-refractivity contribution < 1.29 is 19.5 Å². The predicted molar refractivity (Wildman–Crippen MR) is 148 cm³/mol. The fraction of sp³-hybridized carbons (Fsp3) is 0.516. The first kappa shape index (κ1) is 27.8. The van der Waals surface area contributed by atoms with Crippen molar-refractivity contribution in [1.29, 1.82) is 0 Å². The van der Waals surface area contributed by atoms with Gasteiger partial charge in [0.25, 0.3) is 5.91 Å². The van der Waals surface area contributed by atoms with Crippen molar-refractivity contribution in [1.82, 2.24) is 15.1 Å². The van der Waals surface area contributed by atoms with E-state index in [0.29, 0.717) is 17.6 Å². The number of aryl methyl sites for hydroxylation is 2. The van der Waals surface area contributed by atoms with Crippen LogP contribution < -0.4 is 5.32 Å². The van der Waals surface area contributed by atoms with Gasteiger partial charge in [0.05, 0.1) is 6.04 Å². The van der Waals surface area contributed by atoms with Crippen molar-refractivity contribution in [3.63, 3.8) is 0 Å². The van der Waals surface area contributed by atoms with Crippen LogP contribution in [0.1, 0.15) is 71.6 Å². The van der Waals surface area contributed by atoms with Crippen molar-refractivity contribution in [3.05, 3.63) is 70.8 Å². The van der Waals surface area contributed by atoms with Gasteiger partial charge < -0.3 is 20.2 Å². The van der Waals surface area contributed by atoms with Gasteiger partial charge in [-0.15, -0.1) is 0 Å². The van der Waals surface area contributed by atoms with Gasteiger partial charge >= 0.3 is 6.09 Å². The summed E-state index contributed by atoms with van der Waals surface area (Å²) in [5, 5.41) is 11.9. The van der Waals surface area contributed by atoms with E-state index in [1.807, 2.05) is 67.3 Å². The van der Waals surface area contributed by atoms with Crippen LogP contribution in [0.4, 0.5) is 4.79 Å². The van der Waals surface area contributed by atoms with Crippen LogP contribution in [0.3, 0.4) is 0 Å². The van der Waals surface area contributed by atoms with Crippen LogP contribution in [0.25, 0.3) is 0 Å². The Hall–Kier alpha value is -3.19. The summed E-state index contributed by atoms with van der Waals surface area (Å²) >= 11 is 0. The van der Waals surface area contributed by atoms with Crippen LogP contribution in [0.5, 0.6) is 0 Å². The van der Waals surface area contributed by atoms with Crippen molar-refractivity contribution >= 4 is 17.8 Å². The molecule has 2 unspecified atom stereocenters. The summed E-state index contributed by atoms with van der Waals surface area (Å²) in [6.07, 6.45) is 4.98. The third kappa shape index (κ3) is 7.22. The molecule has 0 aromatic heterocycles. The molecule has 3 atom stereocenters. The maximum absolute atomic E-state index is 13.1. The Balaban J connectivity index is 0.000000417. The summed E-state index contributed by atoms with van der Waals surface area (Å²) in [4.78, 5) is 39.3. The number of fused-ring (bicyclic) bond motifs is 1. The maximum Gasteiger partial charge on any atom is 0.405 e. The molecule has 2 saturated heterocycles. The number of likely N-dealkylation sites (tertiary alicyclic amines) is 2. The van der Waals surface area contributed by atoms with Crippen LogP contribution in [0.2, 0.25) is 0 Å². The molecular formula is C31H41N3O4. The number of hydrogen-bond acceptors (Lipinski definition) is 4. The zero-order chi connectivity index (χ0) is 27.1. The van der Waals surface area contributed by atoms with Gasteiger partial charge in [-0.2, -0.15) is 0 Å². The smallest absolute Gasteiger partial charge is 0.405 e. The average Bonchev–Trinajstić information content (AvgIpc) is 3.47. The second-order valence-corrected chi connectivity index (χ2v) is 11.1. The largest absolute Gasteiger partial charge is 0.465 e. The average molecular weight is 520 g/mol. The molecule has 204 valence electrons. The predicted octanol–water partition coefficient (Wildman–Crippen LogP) is 5.23. The monoisotopic (exact) mass is 519 g/mol. The minimum Gasteiger partial charge on any atom is -0.465 e. The lowest BCUT2D eigenvalue weighted by Crippen LogP contribution is -2.35. The minimum absolute atomic E-state index is 0.159. The highest BCUT2D eigenvalue weighted by Gasteiger charge is 2.42. The third-order valence-electron chi connectivity index (χ3n) is 8.19. The highest BCUT2D eigenvalue weighted by atomic mass is 16.4. The first-order valence-corrected chi connectivity index (χ1v) is 14.0. The van der Waals surface area contributed by atoms with E-state index in [4.69, 9.17) is 0 Å². The molecule has 0 bridgehead atoms. The molecule has 7 heteroatoms. The number of nitrogens with zero attached hydrogens (tertiary/aromatic N) is 2. The second kappa shape index (κ2) is 13.1. The highest BCUT2D eigenvalue weighted by Crippen LogP contribution is 2.33. The van der Waals surface area contributed by atoms with Gasteiger partial charge in [-0.1, -0.05) is 55.0 Å². The number of carbonyl (C=O) groups is 3. The lowest BCUT2D eigenvalue weighted by Gasteiger charge is -2.25. The molecule has 0 radical (unpaired) electrons. The molecular weight excluding hydrogens is 478 g/mol. The van der Waals surface area contributed by atoms with Crippen LogP contribution in [-0.2, 0) is 4.79 Å². The van der Waals surface area contributed by atoms with Crippen LogP contribution in [0.15, 0.2) is 48.5 Å². The van der Waals surface area contributed by atoms with Gasteiger partial charge in [0.15, 0.2) is 0 Å². The summed E-state index contributed by atoms with van der Waals surface area (Å²) in [7, 11) is 0.